The molecule has 0 spiro atoms. The van der Waals surface area contributed by atoms with Gasteiger partial charge in [0.2, 0.25) is 0 Å². The molecule has 2 saturated heterocycles. The Kier molecular flexibility index (Phi) is 2.89. The van der Waals surface area contributed by atoms with Crippen molar-refractivity contribution in [1.29, 1.82) is 0 Å². The van der Waals surface area contributed by atoms with Crippen molar-refractivity contribution in [2.24, 2.45) is 0 Å². The molecule has 2 aliphatic heterocycles. The third-order valence-electron chi connectivity index (χ3n) is 4.98. The molecule has 4 heteroatoms. The van der Waals surface area contributed by atoms with E-state index in [-0.39, 0.29) is 0 Å². The second kappa shape index (κ2) is 4.67. The molecule has 0 aliphatic carbocycles. The van der Waals surface area contributed by atoms with Gasteiger partial charge in [-0.25, -0.2) is 9.67 Å². The van der Waals surface area contributed by atoms with Crippen molar-refractivity contribution in [3.63, 3.8) is 0 Å². The highest BCUT2D eigenvalue weighted by Crippen LogP contribution is 2.44. The minimum absolute atomic E-state index is 0.336. The van der Waals surface area contributed by atoms with Crippen molar-refractivity contribution in [3.05, 3.63) is 41.0 Å². The Bertz CT molecular complexity index is 691. The van der Waals surface area contributed by atoms with Crippen LogP contribution < -0.4 is 0 Å². The van der Waals surface area contributed by atoms with Crippen LogP contribution in [0.4, 0.5) is 0 Å². The first-order chi connectivity index (χ1) is 10.1. The summed E-state index contributed by atoms with van der Waals surface area (Å²) in [4.78, 5) is 4.73. The highest BCUT2D eigenvalue weighted by Gasteiger charge is 2.44. The van der Waals surface area contributed by atoms with Crippen molar-refractivity contribution in [3.8, 4) is 5.69 Å². The Balaban J connectivity index is 1.81. The molecular weight excluding hydrogens is 262 g/mol. The third kappa shape index (κ3) is 2.01. The average Bonchev–Trinajstić information content (AvgIpc) is 3.16. The molecule has 0 radical (unpaired) electrons. The van der Waals surface area contributed by atoms with Gasteiger partial charge in [0.1, 0.15) is 11.6 Å². The van der Waals surface area contributed by atoms with Crippen LogP contribution in [0.25, 0.3) is 5.69 Å². The third-order valence-corrected chi connectivity index (χ3v) is 4.98. The molecule has 21 heavy (non-hydrogen) atoms. The molecule has 0 amide bonds. The smallest absolute Gasteiger partial charge is 0.148 e. The molecule has 2 bridgehead atoms. The Hall–Kier alpha value is -1.68. The predicted molar refractivity (Wildman–Crippen MR) is 80.8 cm³/mol. The normalized spacial score (nSPS) is 27.5. The van der Waals surface area contributed by atoms with Gasteiger partial charge in [-0.3, -0.25) is 0 Å². The van der Waals surface area contributed by atoms with Gasteiger partial charge in [0, 0.05) is 5.92 Å². The van der Waals surface area contributed by atoms with Gasteiger partial charge in [0.05, 0.1) is 17.9 Å². The maximum absolute atomic E-state index is 6.01. The first-order valence-electron chi connectivity index (χ1n) is 7.79. The Morgan fingerprint density at radius 1 is 1.19 bits per heavy atom. The summed E-state index contributed by atoms with van der Waals surface area (Å²) in [7, 11) is 0. The van der Waals surface area contributed by atoms with Crippen LogP contribution in [-0.2, 0) is 4.74 Å². The average molecular weight is 283 g/mol. The molecule has 0 saturated carbocycles. The molecule has 2 fully saturated rings. The van der Waals surface area contributed by atoms with Crippen molar-refractivity contribution in [1.82, 2.24) is 14.8 Å². The summed E-state index contributed by atoms with van der Waals surface area (Å²) in [5.41, 5.74) is 3.71. The Morgan fingerprint density at radius 3 is 2.76 bits per heavy atom. The summed E-state index contributed by atoms with van der Waals surface area (Å²) < 4.78 is 8.06. The summed E-state index contributed by atoms with van der Waals surface area (Å²) in [5, 5.41) is 4.66. The van der Waals surface area contributed by atoms with Gasteiger partial charge in [0.25, 0.3) is 0 Å². The maximum Gasteiger partial charge on any atom is 0.148 e. The van der Waals surface area contributed by atoms with Crippen LogP contribution in [0.15, 0.2) is 18.2 Å². The van der Waals surface area contributed by atoms with Crippen molar-refractivity contribution in [2.75, 3.05) is 0 Å². The SMILES string of the molecule is Cc1nc([C@H]2C[C@@H]3CC[C@H]2O3)n(-c2cccc(C)c2C)n1. The summed E-state index contributed by atoms with van der Waals surface area (Å²) >= 11 is 0. The van der Waals surface area contributed by atoms with Crippen LogP contribution >= 0.6 is 0 Å². The Labute approximate surface area is 125 Å². The number of aromatic nitrogens is 3. The van der Waals surface area contributed by atoms with Gasteiger partial charge in [-0.15, -0.1) is 0 Å². The second-order valence-electron chi connectivity index (χ2n) is 6.36. The van der Waals surface area contributed by atoms with E-state index in [0.29, 0.717) is 18.1 Å². The van der Waals surface area contributed by atoms with Crippen molar-refractivity contribution >= 4 is 0 Å². The molecule has 0 unspecified atom stereocenters. The Morgan fingerprint density at radius 2 is 2.05 bits per heavy atom. The van der Waals surface area contributed by atoms with Gasteiger partial charge >= 0.3 is 0 Å². The van der Waals surface area contributed by atoms with Gasteiger partial charge in [-0.2, -0.15) is 5.10 Å². The van der Waals surface area contributed by atoms with Gasteiger partial charge in [0.15, 0.2) is 0 Å². The fourth-order valence-electron chi connectivity index (χ4n) is 3.72. The summed E-state index contributed by atoms with van der Waals surface area (Å²) in [6, 6.07) is 6.37. The molecule has 0 N–H and O–H groups in total. The molecule has 3 heterocycles. The second-order valence-corrected chi connectivity index (χ2v) is 6.36. The monoisotopic (exact) mass is 283 g/mol. The van der Waals surface area contributed by atoms with E-state index in [0.717, 1.165) is 30.2 Å². The first kappa shape index (κ1) is 13.0. The lowest BCUT2D eigenvalue weighted by molar-refractivity contribution is 0.0997. The number of nitrogens with zero attached hydrogens (tertiary/aromatic N) is 3. The van der Waals surface area contributed by atoms with Crippen LogP contribution in [-0.4, -0.2) is 27.0 Å². The molecule has 4 nitrogen and oxygen atoms in total. The van der Waals surface area contributed by atoms with Crippen LogP contribution in [0.2, 0.25) is 0 Å². The lowest BCUT2D eigenvalue weighted by atomic mass is 9.88. The molecule has 1 aromatic carbocycles. The van der Waals surface area contributed by atoms with Gasteiger partial charge in [-0.1, -0.05) is 12.1 Å². The van der Waals surface area contributed by atoms with Crippen LogP contribution in [0.1, 0.15) is 48.0 Å². The van der Waals surface area contributed by atoms with E-state index in [1.807, 2.05) is 11.6 Å². The summed E-state index contributed by atoms with van der Waals surface area (Å²) in [6.45, 7) is 6.27. The number of fused-ring (bicyclic) bond motifs is 2. The zero-order chi connectivity index (χ0) is 14.6. The van der Waals surface area contributed by atoms with Gasteiger partial charge < -0.3 is 4.74 Å². The number of hydrogen-bond donors (Lipinski definition) is 0. The number of ether oxygens (including phenoxy) is 1. The van der Waals surface area contributed by atoms with Crippen molar-refractivity contribution < 1.29 is 4.74 Å². The zero-order valence-corrected chi connectivity index (χ0v) is 12.8. The first-order valence-corrected chi connectivity index (χ1v) is 7.79. The highest BCUT2D eigenvalue weighted by atomic mass is 16.5. The summed E-state index contributed by atoms with van der Waals surface area (Å²) in [6.07, 6.45) is 4.23. The summed E-state index contributed by atoms with van der Waals surface area (Å²) in [5.74, 6) is 2.31. The molecular formula is C17H21N3O. The molecule has 110 valence electrons. The largest absolute Gasteiger partial charge is 0.374 e. The fourth-order valence-corrected chi connectivity index (χ4v) is 3.72. The fraction of sp³-hybridized carbons (Fsp3) is 0.529. The van der Waals surface area contributed by atoms with Crippen LogP contribution in [0, 0.1) is 20.8 Å². The number of benzene rings is 1. The molecule has 3 atom stereocenters. The zero-order valence-electron chi connectivity index (χ0n) is 12.8. The lowest BCUT2D eigenvalue weighted by Crippen LogP contribution is -2.19. The van der Waals surface area contributed by atoms with E-state index in [1.54, 1.807) is 0 Å². The van der Waals surface area contributed by atoms with E-state index in [4.69, 9.17) is 9.72 Å². The van der Waals surface area contributed by atoms with E-state index in [1.165, 1.54) is 17.5 Å². The van der Waals surface area contributed by atoms with Gasteiger partial charge in [-0.05, 0) is 57.2 Å². The lowest BCUT2D eigenvalue weighted by Gasteiger charge is -2.19. The topological polar surface area (TPSA) is 39.9 Å². The number of hydrogen-bond acceptors (Lipinski definition) is 3. The maximum atomic E-state index is 6.01. The molecule has 4 rings (SSSR count). The van der Waals surface area contributed by atoms with E-state index in [9.17, 15) is 0 Å². The molecule has 1 aromatic heterocycles. The predicted octanol–water partition coefficient (Wildman–Crippen LogP) is 3.23. The standard InChI is InChI=1S/C17H21N3O/c1-10-5-4-6-15(11(10)2)20-17(18-12(3)19-20)14-9-13-7-8-16(14)21-13/h4-6,13-14,16H,7-9H2,1-3H3/t13-,14-,16+/m0/s1. The minimum Gasteiger partial charge on any atom is -0.374 e. The van der Waals surface area contributed by atoms with E-state index in [2.05, 4.69) is 37.1 Å². The van der Waals surface area contributed by atoms with Crippen LogP contribution in [0.5, 0.6) is 0 Å². The molecule has 2 aliphatic rings. The van der Waals surface area contributed by atoms with E-state index < -0.39 is 0 Å². The number of rotatable bonds is 2. The molecule has 2 aromatic rings. The quantitative estimate of drug-likeness (QED) is 0.849. The highest BCUT2D eigenvalue weighted by molar-refractivity contribution is 5.45. The van der Waals surface area contributed by atoms with Crippen molar-refractivity contribution in [2.45, 2.75) is 58.2 Å². The minimum atomic E-state index is 0.336. The van der Waals surface area contributed by atoms with Crippen LogP contribution in [0.3, 0.4) is 0 Å². The number of aryl methyl sites for hydroxylation is 2. The van der Waals surface area contributed by atoms with E-state index >= 15 is 0 Å².